The van der Waals surface area contributed by atoms with Crippen LogP contribution in [-0.4, -0.2) is 12.0 Å². The zero-order chi connectivity index (χ0) is 4.28. The van der Waals surface area contributed by atoms with Gasteiger partial charge in [-0.2, -0.15) is 0 Å². The Kier molecular flexibility index (Phi) is 9.26. The van der Waals surface area contributed by atoms with Gasteiger partial charge in [0.25, 0.3) is 0 Å². The number of hydrogen-bond acceptors (Lipinski definition) is 2. The van der Waals surface area contributed by atoms with Crippen LogP contribution in [0.25, 0.3) is 0 Å². The van der Waals surface area contributed by atoms with Crippen LogP contribution in [-0.2, 0) is 25.9 Å². The molecule has 0 aromatic carbocycles. The zero-order valence-electron chi connectivity index (χ0n) is 3.10. The molecule has 0 rings (SSSR count). The van der Waals surface area contributed by atoms with Gasteiger partial charge in [-0.05, 0) is 0 Å². The second kappa shape index (κ2) is 5.66. The topological polar surface area (TPSA) is 46.5 Å². The number of hydrogen-bond donors (Lipinski definition) is 1. The molecule has 0 spiro atoms. The third-order valence-corrected chi connectivity index (χ3v) is 0.524. The van der Waals surface area contributed by atoms with Gasteiger partial charge < -0.3 is 9.42 Å². The minimum absolute atomic E-state index is 0. The van der Waals surface area contributed by atoms with E-state index in [1.165, 1.54) is 7.11 Å². The van der Waals surface area contributed by atoms with Crippen LogP contribution in [0.15, 0.2) is 0 Å². The molecular weight excluding hydrogens is 150 g/mol. The van der Waals surface area contributed by atoms with Gasteiger partial charge in [-0.1, -0.05) is 0 Å². The van der Waals surface area contributed by atoms with Crippen LogP contribution in [0.2, 0.25) is 0 Å². The molecule has 0 aliphatic heterocycles. The molecule has 0 aliphatic rings. The molecule has 0 saturated heterocycles. The van der Waals surface area contributed by atoms with E-state index in [4.69, 9.17) is 4.89 Å². The molecule has 0 aliphatic carbocycles. The molecule has 0 bridgehead atoms. The zero-order valence-corrected chi connectivity index (χ0v) is 5.14. The van der Waals surface area contributed by atoms with Gasteiger partial charge in [-0.25, -0.2) is 0 Å². The molecule has 3 nitrogen and oxygen atoms in total. The first-order valence-electron chi connectivity index (χ1n) is 1.04. The van der Waals surface area contributed by atoms with E-state index in [-0.39, 0.29) is 16.8 Å². The van der Waals surface area contributed by atoms with Crippen LogP contribution >= 0.6 is 8.25 Å². The van der Waals surface area contributed by atoms with Gasteiger partial charge in [-0.15, -0.1) is 0 Å². The van der Waals surface area contributed by atoms with Gasteiger partial charge in [0.2, 0.25) is 0 Å². The third-order valence-electron chi connectivity index (χ3n) is 0.175. The molecule has 1 atom stereocenters. The summed E-state index contributed by atoms with van der Waals surface area (Å²) in [6.45, 7) is 0. The fourth-order valence-corrected chi connectivity index (χ4v) is 0. The predicted molar refractivity (Wildman–Crippen MR) is 18.2 cm³/mol. The van der Waals surface area contributed by atoms with Gasteiger partial charge in [0, 0.05) is 23.9 Å². The van der Waals surface area contributed by atoms with Crippen molar-refractivity contribution in [3.05, 3.63) is 0 Å². The third kappa shape index (κ3) is 8.82. The summed E-state index contributed by atoms with van der Waals surface area (Å²) in [7, 11) is -1.44. The molecule has 6 heavy (non-hydrogen) atoms. The summed E-state index contributed by atoms with van der Waals surface area (Å²) in [5.74, 6) is 0. The molecule has 0 heterocycles. The van der Waals surface area contributed by atoms with Crippen molar-refractivity contribution in [3.8, 4) is 0 Å². The first-order valence-corrected chi connectivity index (χ1v) is 2.30. The molecule has 0 fully saturated rings. The molecule has 0 aromatic heterocycles. The fourth-order valence-electron chi connectivity index (χ4n) is 0. The second-order valence-corrected chi connectivity index (χ2v) is 1.41. The Balaban J connectivity index is 0. The number of rotatable bonds is 1. The van der Waals surface area contributed by atoms with E-state index in [0.29, 0.717) is 0 Å². The van der Waals surface area contributed by atoms with Gasteiger partial charge in [0.05, 0.1) is 0 Å². The summed E-state index contributed by atoms with van der Waals surface area (Å²) in [5, 5.41) is 0. The molecule has 5 heteroatoms. The van der Waals surface area contributed by atoms with E-state index in [0.717, 1.165) is 0 Å². The largest absolute Gasteiger partial charge is 0.326 e. The fraction of sp³-hybridized carbons (Fsp3) is 1.00. The van der Waals surface area contributed by atoms with Crippen LogP contribution in [0.1, 0.15) is 0 Å². The van der Waals surface area contributed by atoms with E-state index in [1.807, 2.05) is 0 Å². The van der Waals surface area contributed by atoms with Gasteiger partial charge in [0.15, 0.2) is 0 Å². The summed E-state index contributed by atoms with van der Waals surface area (Å²) in [6.07, 6.45) is 0. The van der Waals surface area contributed by atoms with Crippen LogP contribution in [0.3, 0.4) is 0 Å². The van der Waals surface area contributed by atoms with Crippen molar-refractivity contribution in [2.45, 2.75) is 0 Å². The van der Waals surface area contributed by atoms with E-state index in [1.54, 1.807) is 0 Å². The summed E-state index contributed by atoms with van der Waals surface area (Å²) in [6, 6.07) is 0. The Morgan fingerprint density at radius 3 is 2.00 bits per heavy atom. The summed E-state index contributed by atoms with van der Waals surface area (Å²) in [5.41, 5.74) is 0. The van der Waals surface area contributed by atoms with Crippen LogP contribution in [0, 0.1) is 0 Å². The van der Waals surface area contributed by atoms with Crippen molar-refractivity contribution in [1.29, 1.82) is 0 Å². The molecule has 1 N–H and O–H groups in total. The van der Waals surface area contributed by atoms with Crippen molar-refractivity contribution in [2.24, 2.45) is 0 Å². The average Bonchev–Trinajstić information content (AvgIpc) is 1.38. The van der Waals surface area contributed by atoms with Crippen molar-refractivity contribution in [2.75, 3.05) is 7.11 Å². The standard InChI is InChI=1S/CH5O3P.Co/c1-4-5(2)3;/h5H,1H3,(H,2,3);. The monoisotopic (exact) mass is 155 g/mol. The van der Waals surface area contributed by atoms with Crippen LogP contribution < -0.4 is 0 Å². The van der Waals surface area contributed by atoms with Gasteiger partial charge in [0.1, 0.15) is 0 Å². The maximum Gasteiger partial charge on any atom is 0.316 e. The van der Waals surface area contributed by atoms with Crippen molar-refractivity contribution in [3.63, 3.8) is 0 Å². The molecule has 0 amide bonds. The Hall–Kier alpha value is 0.656. The van der Waals surface area contributed by atoms with Crippen molar-refractivity contribution in [1.82, 2.24) is 0 Å². The molecule has 0 saturated carbocycles. The predicted octanol–water partition coefficient (Wildman–Crippen LogP) is 0.0123. The van der Waals surface area contributed by atoms with E-state index >= 15 is 0 Å². The van der Waals surface area contributed by atoms with Crippen LogP contribution in [0.4, 0.5) is 0 Å². The van der Waals surface area contributed by atoms with Crippen molar-refractivity contribution >= 4 is 8.25 Å². The maximum atomic E-state index is 9.33. The Bertz CT molecular complexity index is 46.1. The minimum atomic E-state index is -2.62. The molecule has 0 aromatic rings. The van der Waals surface area contributed by atoms with Gasteiger partial charge in [-0.3, -0.25) is 4.57 Å². The minimum Gasteiger partial charge on any atom is -0.326 e. The normalized spacial score (nSPS) is 12.3. The summed E-state index contributed by atoms with van der Waals surface area (Å²) < 4.78 is 13.2. The molecule has 1 unspecified atom stereocenters. The van der Waals surface area contributed by atoms with Crippen LogP contribution in [0.5, 0.6) is 0 Å². The van der Waals surface area contributed by atoms with E-state index in [2.05, 4.69) is 4.52 Å². The Morgan fingerprint density at radius 2 is 2.00 bits per heavy atom. The smallest absolute Gasteiger partial charge is 0.316 e. The molecule has 41 valence electrons. The first kappa shape index (κ1) is 9.82. The average molecular weight is 155 g/mol. The van der Waals surface area contributed by atoms with E-state index in [9.17, 15) is 4.57 Å². The van der Waals surface area contributed by atoms with E-state index < -0.39 is 8.25 Å². The second-order valence-electron chi connectivity index (χ2n) is 0.470. The maximum absolute atomic E-state index is 9.33. The molecule has 1 radical (unpaired) electrons. The quantitative estimate of drug-likeness (QED) is 0.542. The molecular formula is CH5CoO3P. The Labute approximate surface area is 46.8 Å². The summed E-state index contributed by atoms with van der Waals surface area (Å²) >= 11 is 0. The first-order chi connectivity index (χ1) is 2.27. The van der Waals surface area contributed by atoms with Crippen molar-refractivity contribution < 1.29 is 30.8 Å². The van der Waals surface area contributed by atoms with Gasteiger partial charge >= 0.3 is 8.25 Å². The Morgan fingerprint density at radius 1 is 1.83 bits per heavy atom. The summed E-state index contributed by atoms with van der Waals surface area (Å²) in [4.78, 5) is 7.69. The SMILES string of the molecule is CO[PH](=O)O.[Co].